The van der Waals surface area contributed by atoms with Crippen LogP contribution in [0.5, 0.6) is 0 Å². The zero-order chi connectivity index (χ0) is 18.5. The van der Waals surface area contributed by atoms with E-state index < -0.39 is 0 Å². The highest BCUT2D eigenvalue weighted by molar-refractivity contribution is 5.80. The lowest BCUT2D eigenvalue weighted by Gasteiger charge is -2.28. The van der Waals surface area contributed by atoms with Gasteiger partial charge in [0.15, 0.2) is 5.96 Å². The maximum absolute atomic E-state index is 4.81. The summed E-state index contributed by atoms with van der Waals surface area (Å²) in [4.78, 5) is 9.74. The van der Waals surface area contributed by atoms with Gasteiger partial charge in [0.05, 0.1) is 0 Å². The summed E-state index contributed by atoms with van der Waals surface area (Å²) in [5, 5.41) is 6.98. The zero-order valence-electron chi connectivity index (χ0n) is 17.5. The van der Waals surface area contributed by atoms with Crippen molar-refractivity contribution in [1.82, 2.24) is 20.4 Å². The molecule has 1 saturated heterocycles. The molecule has 1 fully saturated rings. The maximum atomic E-state index is 4.81. The Labute approximate surface area is 156 Å². The summed E-state index contributed by atoms with van der Waals surface area (Å²) in [6.07, 6.45) is 6.32. The summed E-state index contributed by atoms with van der Waals surface area (Å²) < 4.78 is 0. The lowest BCUT2D eigenvalue weighted by molar-refractivity contribution is 0.214. The van der Waals surface area contributed by atoms with Crippen LogP contribution < -0.4 is 10.6 Å². The fourth-order valence-electron chi connectivity index (χ4n) is 3.50. The number of likely N-dealkylation sites (tertiary alicyclic amines) is 1. The summed E-state index contributed by atoms with van der Waals surface area (Å²) in [6, 6.07) is 0.469. The van der Waals surface area contributed by atoms with Gasteiger partial charge in [0.2, 0.25) is 0 Å². The molecule has 25 heavy (non-hydrogen) atoms. The molecule has 1 unspecified atom stereocenters. The Balaban J connectivity index is 2.29. The molecule has 148 valence electrons. The third-order valence-electron chi connectivity index (χ3n) is 5.38. The molecule has 1 atom stereocenters. The number of aliphatic imine (C=N–C) groups is 1. The van der Waals surface area contributed by atoms with Crippen LogP contribution >= 0.6 is 0 Å². The van der Waals surface area contributed by atoms with Gasteiger partial charge in [-0.2, -0.15) is 0 Å². The van der Waals surface area contributed by atoms with Crippen molar-refractivity contribution in [2.75, 3.05) is 52.9 Å². The molecule has 1 aliphatic heterocycles. The summed E-state index contributed by atoms with van der Waals surface area (Å²) in [5.41, 5.74) is 0. The molecule has 1 rings (SSSR count). The number of nitrogens with one attached hydrogen (secondary N) is 2. The van der Waals surface area contributed by atoms with E-state index in [-0.39, 0.29) is 0 Å². The van der Waals surface area contributed by atoms with E-state index in [2.05, 4.69) is 55.2 Å². The van der Waals surface area contributed by atoms with Crippen LogP contribution in [0.3, 0.4) is 0 Å². The fraction of sp³-hybridized carbons (Fsp3) is 0.950. The molecule has 0 spiro atoms. The molecule has 0 saturated carbocycles. The Morgan fingerprint density at radius 3 is 2.48 bits per heavy atom. The van der Waals surface area contributed by atoms with Crippen molar-refractivity contribution in [1.29, 1.82) is 0 Å². The minimum Gasteiger partial charge on any atom is -0.357 e. The third kappa shape index (κ3) is 10.0. The van der Waals surface area contributed by atoms with Crippen LogP contribution in [-0.2, 0) is 0 Å². The van der Waals surface area contributed by atoms with Crippen molar-refractivity contribution in [2.24, 2.45) is 10.9 Å². The van der Waals surface area contributed by atoms with Crippen molar-refractivity contribution in [2.45, 2.75) is 65.8 Å². The SMILES string of the molecule is CCNC(=NCCC1CCN(C)CC1)NC(C)CCCN(CC)CC. The summed E-state index contributed by atoms with van der Waals surface area (Å²) in [6.45, 7) is 16.7. The van der Waals surface area contributed by atoms with E-state index in [1.54, 1.807) is 0 Å². The van der Waals surface area contributed by atoms with Crippen molar-refractivity contribution in [3.05, 3.63) is 0 Å². The van der Waals surface area contributed by atoms with Crippen molar-refractivity contribution >= 4 is 5.96 Å². The van der Waals surface area contributed by atoms with Crippen LogP contribution in [0.2, 0.25) is 0 Å². The van der Waals surface area contributed by atoms with Crippen LogP contribution in [0.4, 0.5) is 0 Å². The average Bonchev–Trinajstić information content (AvgIpc) is 2.60. The van der Waals surface area contributed by atoms with E-state index in [4.69, 9.17) is 4.99 Å². The molecule has 0 aromatic rings. The van der Waals surface area contributed by atoms with Crippen LogP contribution in [0, 0.1) is 5.92 Å². The van der Waals surface area contributed by atoms with Crippen LogP contribution in [-0.4, -0.2) is 74.7 Å². The number of hydrogen-bond acceptors (Lipinski definition) is 3. The Bertz CT molecular complexity index is 346. The zero-order valence-corrected chi connectivity index (χ0v) is 17.5. The quantitative estimate of drug-likeness (QED) is 0.443. The van der Waals surface area contributed by atoms with Gasteiger partial charge in [-0.25, -0.2) is 0 Å². The third-order valence-corrected chi connectivity index (χ3v) is 5.38. The summed E-state index contributed by atoms with van der Waals surface area (Å²) >= 11 is 0. The van der Waals surface area contributed by atoms with Crippen LogP contribution in [0.15, 0.2) is 4.99 Å². The highest BCUT2D eigenvalue weighted by Gasteiger charge is 2.16. The molecule has 5 heteroatoms. The lowest BCUT2D eigenvalue weighted by Crippen LogP contribution is -2.42. The predicted molar refractivity (Wildman–Crippen MR) is 110 cm³/mol. The molecule has 0 aliphatic carbocycles. The Hall–Kier alpha value is -0.810. The first-order chi connectivity index (χ1) is 12.1. The van der Waals surface area contributed by atoms with Crippen molar-refractivity contribution in [3.8, 4) is 0 Å². The van der Waals surface area contributed by atoms with Gasteiger partial charge in [-0.05, 0) is 91.6 Å². The normalized spacial score (nSPS) is 18.6. The Morgan fingerprint density at radius 2 is 1.88 bits per heavy atom. The first-order valence-electron chi connectivity index (χ1n) is 10.5. The van der Waals surface area contributed by atoms with Gasteiger partial charge >= 0.3 is 0 Å². The highest BCUT2D eigenvalue weighted by Crippen LogP contribution is 2.19. The van der Waals surface area contributed by atoms with Crippen molar-refractivity contribution < 1.29 is 0 Å². The molecule has 0 radical (unpaired) electrons. The number of piperidine rings is 1. The van der Waals surface area contributed by atoms with Gasteiger partial charge in [-0.15, -0.1) is 0 Å². The van der Waals surface area contributed by atoms with E-state index in [9.17, 15) is 0 Å². The number of guanidine groups is 1. The molecular weight excluding hydrogens is 310 g/mol. The van der Waals surface area contributed by atoms with E-state index in [1.807, 2.05) is 0 Å². The summed E-state index contributed by atoms with van der Waals surface area (Å²) in [5.74, 6) is 1.85. The second-order valence-corrected chi connectivity index (χ2v) is 7.51. The molecule has 0 amide bonds. The molecule has 0 bridgehead atoms. The molecule has 1 heterocycles. The van der Waals surface area contributed by atoms with Gasteiger partial charge in [-0.1, -0.05) is 13.8 Å². The van der Waals surface area contributed by atoms with E-state index in [0.29, 0.717) is 6.04 Å². The number of hydrogen-bond donors (Lipinski definition) is 2. The lowest BCUT2D eigenvalue weighted by atomic mass is 9.94. The second kappa shape index (κ2) is 13.4. The smallest absolute Gasteiger partial charge is 0.191 e. The molecule has 5 nitrogen and oxygen atoms in total. The van der Waals surface area contributed by atoms with E-state index in [1.165, 1.54) is 51.7 Å². The fourth-order valence-corrected chi connectivity index (χ4v) is 3.50. The van der Waals surface area contributed by atoms with Crippen LogP contribution in [0.25, 0.3) is 0 Å². The average molecular weight is 354 g/mol. The van der Waals surface area contributed by atoms with Gasteiger partial charge in [-0.3, -0.25) is 4.99 Å². The Morgan fingerprint density at radius 1 is 1.20 bits per heavy atom. The number of rotatable bonds is 11. The second-order valence-electron chi connectivity index (χ2n) is 7.51. The Kier molecular flexibility index (Phi) is 11.9. The molecule has 1 aliphatic rings. The molecule has 0 aromatic heterocycles. The maximum Gasteiger partial charge on any atom is 0.191 e. The first kappa shape index (κ1) is 22.2. The largest absolute Gasteiger partial charge is 0.357 e. The van der Waals surface area contributed by atoms with E-state index >= 15 is 0 Å². The van der Waals surface area contributed by atoms with Crippen LogP contribution in [0.1, 0.15) is 59.8 Å². The number of nitrogens with zero attached hydrogens (tertiary/aromatic N) is 3. The summed E-state index contributed by atoms with van der Waals surface area (Å²) in [7, 11) is 2.23. The monoisotopic (exact) mass is 353 g/mol. The molecule has 2 N–H and O–H groups in total. The minimum atomic E-state index is 0.469. The predicted octanol–water partition coefficient (Wildman–Crippen LogP) is 2.78. The topological polar surface area (TPSA) is 42.9 Å². The van der Waals surface area contributed by atoms with Crippen molar-refractivity contribution in [3.63, 3.8) is 0 Å². The van der Waals surface area contributed by atoms with Gasteiger partial charge in [0.1, 0.15) is 0 Å². The van der Waals surface area contributed by atoms with Gasteiger partial charge < -0.3 is 20.4 Å². The highest BCUT2D eigenvalue weighted by atomic mass is 15.2. The first-order valence-corrected chi connectivity index (χ1v) is 10.5. The standard InChI is InChI=1S/C20H43N5/c1-6-21-20(22-14-11-19-12-16-24(5)17-13-19)23-18(4)10-9-15-25(7-2)8-3/h18-19H,6-17H2,1-5H3,(H2,21,22,23). The van der Waals surface area contributed by atoms with Gasteiger partial charge in [0, 0.05) is 19.1 Å². The minimum absolute atomic E-state index is 0.469. The van der Waals surface area contributed by atoms with Gasteiger partial charge in [0.25, 0.3) is 0 Å². The van der Waals surface area contributed by atoms with E-state index in [0.717, 1.165) is 38.1 Å². The molecule has 0 aromatic carbocycles. The molecular formula is C20H43N5.